The fourth-order valence-corrected chi connectivity index (χ4v) is 2.44. The maximum atomic E-state index is 14.1. The summed E-state index contributed by atoms with van der Waals surface area (Å²) in [5, 5.41) is 8.89. The lowest BCUT2D eigenvalue weighted by molar-refractivity contribution is 0.0695. The normalized spacial score (nSPS) is 14.8. The van der Waals surface area contributed by atoms with Crippen LogP contribution in [0.3, 0.4) is 0 Å². The van der Waals surface area contributed by atoms with E-state index in [-0.39, 0.29) is 10.0 Å². The molecule has 0 aliphatic heterocycles. The third-order valence-corrected chi connectivity index (χ3v) is 3.71. The number of hydrogen-bond donors (Lipinski definition) is 1. The zero-order valence-electron chi connectivity index (χ0n) is 9.41. The second kappa shape index (κ2) is 4.64. The van der Waals surface area contributed by atoms with Gasteiger partial charge in [-0.1, -0.05) is 0 Å². The van der Waals surface area contributed by atoms with E-state index >= 15 is 0 Å². The molecule has 1 aromatic rings. The van der Waals surface area contributed by atoms with Gasteiger partial charge in [0.05, 0.1) is 15.7 Å². The van der Waals surface area contributed by atoms with E-state index in [4.69, 9.17) is 5.11 Å². The van der Waals surface area contributed by atoms with Crippen LogP contribution in [-0.2, 0) is 0 Å². The van der Waals surface area contributed by atoms with Crippen LogP contribution in [0.1, 0.15) is 30.1 Å². The fraction of sp³-hybridized carbons (Fsp3) is 0.417. The number of nitrogens with zero attached hydrogens (tertiary/aromatic N) is 1. The first kappa shape index (κ1) is 12.4. The van der Waals surface area contributed by atoms with Crippen molar-refractivity contribution in [3.8, 4) is 0 Å². The molecule has 92 valence electrons. The molecule has 0 heterocycles. The molecule has 0 saturated heterocycles. The van der Waals surface area contributed by atoms with Crippen molar-refractivity contribution in [3.63, 3.8) is 0 Å². The summed E-state index contributed by atoms with van der Waals surface area (Å²) in [7, 11) is 0. The molecule has 17 heavy (non-hydrogen) atoms. The summed E-state index contributed by atoms with van der Waals surface area (Å²) in [6.07, 6.45) is 2.15. The lowest BCUT2D eigenvalue weighted by Crippen LogP contribution is -2.26. The van der Waals surface area contributed by atoms with Crippen molar-refractivity contribution in [2.24, 2.45) is 0 Å². The largest absolute Gasteiger partial charge is 0.478 e. The highest BCUT2D eigenvalue weighted by atomic mass is 79.9. The quantitative estimate of drug-likeness (QED) is 0.928. The molecule has 1 saturated carbocycles. The van der Waals surface area contributed by atoms with Gasteiger partial charge >= 0.3 is 5.97 Å². The zero-order valence-corrected chi connectivity index (χ0v) is 11.0. The van der Waals surface area contributed by atoms with Crippen LogP contribution in [0.15, 0.2) is 16.6 Å². The molecular weight excluding hydrogens is 289 g/mol. The van der Waals surface area contributed by atoms with Crippen LogP contribution in [-0.4, -0.2) is 23.7 Å². The SMILES string of the molecule is CCN(c1ccc(C(=O)O)c(Br)c1F)C1CC1. The summed E-state index contributed by atoms with van der Waals surface area (Å²) in [5.41, 5.74) is 0.435. The Balaban J connectivity index is 2.42. The lowest BCUT2D eigenvalue weighted by atomic mass is 10.2. The summed E-state index contributed by atoms with van der Waals surface area (Å²) >= 11 is 3.02. The highest BCUT2D eigenvalue weighted by Crippen LogP contribution is 2.36. The molecule has 0 unspecified atom stereocenters. The minimum absolute atomic E-state index is 0.0293. The van der Waals surface area contributed by atoms with Gasteiger partial charge in [-0.15, -0.1) is 0 Å². The van der Waals surface area contributed by atoms with Crippen molar-refractivity contribution >= 4 is 27.6 Å². The predicted octanol–water partition coefficient (Wildman–Crippen LogP) is 3.28. The van der Waals surface area contributed by atoms with Gasteiger partial charge in [0.15, 0.2) is 5.82 Å². The Morgan fingerprint density at radius 1 is 1.59 bits per heavy atom. The molecule has 0 atom stereocenters. The van der Waals surface area contributed by atoms with Gasteiger partial charge in [0.25, 0.3) is 0 Å². The van der Waals surface area contributed by atoms with Crippen LogP contribution in [0.4, 0.5) is 10.1 Å². The number of carbonyl (C=O) groups is 1. The number of aromatic carboxylic acids is 1. The molecule has 5 heteroatoms. The van der Waals surface area contributed by atoms with E-state index in [1.807, 2.05) is 11.8 Å². The first-order chi connectivity index (χ1) is 8.06. The molecule has 1 aliphatic rings. The van der Waals surface area contributed by atoms with Crippen LogP contribution in [0.25, 0.3) is 0 Å². The second-order valence-electron chi connectivity index (χ2n) is 4.08. The monoisotopic (exact) mass is 301 g/mol. The Bertz CT molecular complexity index is 460. The number of hydrogen-bond acceptors (Lipinski definition) is 2. The Morgan fingerprint density at radius 3 is 2.71 bits per heavy atom. The van der Waals surface area contributed by atoms with Crippen molar-refractivity contribution in [2.45, 2.75) is 25.8 Å². The lowest BCUT2D eigenvalue weighted by Gasteiger charge is -2.24. The van der Waals surface area contributed by atoms with E-state index in [9.17, 15) is 9.18 Å². The fourth-order valence-electron chi connectivity index (χ4n) is 1.94. The zero-order chi connectivity index (χ0) is 12.6. The summed E-state index contributed by atoms with van der Waals surface area (Å²) in [4.78, 5) is 12.8. The highest BCUT2D eigenvalue weighted by molar-refractivity contribution is 9.10. The second-order valence-corrected chi connectivity index (χ2v) is 4.88. The minimum Gasteiger partial charge on any atom is -0.478 e. The predicted molar refractivity (Wildman–Crippen MR) is 67.1 cm³/mol. The van der Waals surface area contributed by atoms with Crippen molar-refractivity contribution in [3.05, 3.63) is 28.0 Å². The van der Waals surface area contributed by atoms with Gasteiger partial charge in [-0.3, -0.25) is 0 Å². The molecule has 0 aromatic heterocycles. The number of carboxylic acids is 1. The van der Waals surface area contributed by atoms with E-state index in [0.717, 1.165) is 19.4 Å². The topological polar surface area (TPSA) is 40.5 Å². The molecule has 0 bridgehead atoms. The Morgan fingerprint density at radius 2 is 2.24 bits per heavy atom. The maximum Gasteiger partial charge on any atom is 0.336 e. The van der Waals surface area contributed by atoms with Gasteiger partial charge in [-0.05, 0) is 47.8 Å². The summed E-state index contributed by atoms with van der Waals surface area (Å²) in [6, 6.07) is 3.39. The smallest absolute Gasteiger partial charge is 0.336 e. The average Bonchev–Trinajstić information content (AvgIpc) is 3.09. The number of rotatable bonds is 4. The van der Waals surface area contributed by atoms with Crippen molar-refractivity contribution in [2.75, 3.05) is 11.4 Å². The molecule has 1 fully saturated rings. The first-order valence-corrected chi connectivity index (χ1v) is 6.33. The molecule has 1 aliphatic carbocycles. The maximum absolute atomic E-state index is 14.1. The number of anilines is 1. The van der Waals surface area contributed by atoms with E-state index in [1.165, 1.54) is 6.07 Å². The Kier molecular flexibility index (Phi) is 3.38. The van der Waals surface area contributed by atoms with Crippen LogP contribution in [0.2, 0.25) is 0 Å². The van der Waals surface area contributed by atoms with Crippen LogP contribution < -0.4 is 4.90 Å². The van der Waals surface area contributed by atoms with Crippen LogP contribution in [0.5, 0.6) is 0 Å². The average molecular weight is 302 g/mol. The Labute approximate surface area is 107 Å². The van der Waals surface area contributed by atoms with Gasteiger partial charge < -0.3 is 10.0 Å². The molecule has 3 nitrogen and oxygen atoms in total. The molecule has 2 rings (SSSR count). The third kappa shape index (κ3) is 2.29. The van der Waals surface area contributed by atoms with E-state index in [1.54, 1.807) is 6.07 Å². The number of benzene rings is 1. The number of carboxylic acid groups (broad SMARTS) is 1. The molecule has 0 amide bonds. The summed E-state index contributed by atoms with van der Waals surface area (Å²) in [5.74, 6) is -1.62. The summed E-state index contributed by atoms with van der Waals surface area (Å²) in [6.45, 7) is 2.69. The first-order valence-electron chi connectivity index (χ1n) is 5.54. The van der Waals surface area contributed by atoms with Gasteiger partial charge in [0.2, 0.25) is 0 Å². The molecule has 0 spiro atoms. The van der Waals surface area contributed by atoms with Gasteiger partial charge in [-0.25, -0.2) is 9.18 Å². The minimum atomic E-state index is -1.13. The van der Waals surface area contributed by atoms with Gasteiger partial charge in [0.1, 0.15) is 0 Å². The molecular formula is C12H13BrFNO2. The number of halogens is 2. The Hall–Kier alpha value is -1.10. The third-order valence-electron chi connectivity index (χ3n) is 2.93. The van der Waals surface area contributed by atoms with Crippen molar-refractivity contribution < 1.29 is 14.3 Å². The van der Waals surface area contributed by atoms with E-state index in [2.05, 4.69) is 15.9 Å². The van der Waals surface area contributed by atoms with Crippen molar-refractivity contribution in [1.29, 1.82) is 0 Å². The van der Waals surface area contributed by atoms with E-state index in [0.29, 0.717) is 11.7 Å². The van der Waals surface area contributed by atoms with Crippen LogP contribution in [0, 0.1) is 5.82 Å². The van der Waals surface area contributed by atoms with Crippen molar-refractivity contribution in [1.82, 2.24) is 0 Å². The molecule has 0 radical (unpaired) electrons. The van der Waals surface area contributed by atoms with Crippen LogP contribution >= 0.6 is 15.9 Å². The van der Waals surface area contributed by atoms with Gasteiger partial charge in [-0.2, -0.15) is 0 Å². The standard InChI is InChI=1S/C12H13BrFNO2/c1-2-15(7-3-4-7)9-6-5-8(12(16)17)10(13)11(9)14/h5-7H,2-4H2,1H3,(H,16,17). The van der Waals surface area contributed by atoms with Gasteiger partial charge in [0, 0.05) is 12.6 Å². The molecule has 1 N–H and O–H groups in total. The molecule has 1 aromatic carbocycles. The highest BCUT2D eigenvalue weighted by Gasteiger charge is 2.30. The summed E-state index contributed by atoms with van der Waals surface area (Å²) < 4.78 is 14.1. The van der Waals surface area contributed by atoms with E-state index < -0.39 is 11.8 Å².